The highest BCUT2D eigenvalue weighted by Gasteiger charge is 2.19. The molecule has 0 unspecified atom stereocenters. The van der Waals surface area contributed by atoms with Crippen LogP contribution in [-0.2, 0) is 19.1 Å². The predicted octanol–water partition coefficient (Wildman–Crippen LogP) is 0.891. The largest absolute Gasteiger partial charge is 0.463 e. The van der Waals surface area contributed by atoms with Crippen LogP contribution in [0.15, 0.2) is 0 Å². The Balaban J connectivity index is 3.96. The number of ether oxygens (including phenoxy) is 2. The van der Waals surface area contributed by atoms with E-state index in [1.807, 2.05) is 0 Å². The number of carbonyl (C=O) groups excluding carboxylic acids is 2. The van der Waals surface area contributed by atoms with Gasteiger partial charge in [-0.05, 0) is 13.3 Å². The second kappa shape index (κ2) is 5.57. The SMILES string of the molecule is CCOC(=O)[C@H](CC)OC(C)=O. The Morgan fingerprint density at radius 1 is 1.33 bits per heavy atom. The molecule has 4 heteroatoms. The molecule has 0 aromatic heterocycles. The number of rotatable bonds is 4. The Kier molecular flexibility index (Phi) is 5.08. The van der Waals surface area contributed by atoms with Crippen molar-refractivity contribution in [3.8, 4) is 0 Å². The van der Waals surface area contributed by atoms with E-state index in [1.165, 1.54) is 6.92 Å². The molecular weight excluding hydrogens is 160 g/mol. The van der Waals surface area contributed by atoms with Crippen molar-refractivity contribution in [3.05, 3.63) is 0 Å². The zero-order valence-corrected chi connectivity index (χ0v) is 7.62. The van der Waals surface area contributed by atoms with Crippen LogP contribution in [0.2, 0.25) is 0 Å². The molecule has 0 aromatic rings. The Bertz CT molecular complexity index is 164. The number of esters is 2. The topological polar surface area (TPSA) is 52.6 Å². The fraction of sp³-hybridized carbons (Fsp3) is 0.750. The first-order chi connectivity index (χ1) is 5.61. The van der Waals surface area contributed by atoms with Gasteiger partial charge in [0, 0.05) is 6.92 Å². The summed E-state index contributed by atoms with van der Waals surface area (Å²) in [4.78, 5) is 21.5. The minimum atomic E-state index is -0.748. The van der Waals surface area contributed by atoms with E-state index in [4.69, 9.17) is 4.74 Å². The van der Waals surface area contributed by atoms with Gasteiger partial charge in [0.25, 0.3) is 0 Å². The second-order valence-electron chi connectivity index (χ2n) is 2.26. The Hall–Kier alpha value is -1.06. The fourth-order valence-electron chi connectivity index (χ4n) is 0.734. The van der Waals surface area contributed by atoms with E-state index in [1.54, 1.807) is 13.8 Å². The van der Waals surface area contributed by atoms with E-state index in [-0.39, 0.29) is 0 Å². The van der Waals surface area contributed by atoms with Gasteiger partial charge in [0.1, 0.15) is 0 Å². The quantitative estimate of drug-likeness (QED) is 0.594. The van der Waals surface area contributed by atoms with Crippen LogP contribution < -0.4 is 0 Å². The van der Waals surface area contributed by atoms with Gasteiger partial charge in [-0.25, -0.2) is 4.79 Å². The number of carbonyl (C=O) groups is 2. The van der Waals surface area contributed by atoms with Crippen LogP contribution in [0.3, 0.4) is 0 Å². The lowest BCUT2D eigenvalue weighted by Crippen LogP contribution is -2.27. The minimum Gasteiger partial charge on any atom is -0.463 e. The maximum atomic E-state index is 11.0. The zero-order valence-electron chi connectivity index (χ0n) is 7.62. The summed E-state index contributed by atoms with van der Waals surface area (Å²) in [5, 5.41) is 0. The fourth-order valence-corrected chi connectivity index (χ4v) is 0.734. The lowest BCUT2D eigenvalue weighted by molar-refractivity contribution is -0.166. The van der Waals surface area contributed by atoms with Crippen LogP contribution in [0.25, 0.3) is 0 Å². The molecule has 4 nitrogen and oxygen atoms in total. The molecule has 0 aromatic carbocycles. The summed E-state index contributed by atoms with van der Waals surface area (Å²) in [7, 11) is 0. The molecule has 0 radical (unpaired) electrons. The summed E-state index contributed by atoms with van der Waals surface area (Å²) in [6.45, 7) is 5.03. The molecule has 0 amide bonds. The molecule has 0 rings (SSSR count). The highest BCUT2D eigenvalue weighted by atomic mass is 16.6. The van der Waals surface area contributed by atoms with Gasteiger partial charge >= 0.3 is 11.9 Å². The zero-order chi connectivity index (χ0) is 9.56. The first-order valence-electron chi connectivity index (χ1n) is 3.95. The molecule has 70 valence electrons. The summed E-state index contributed by atoms with van der Waals surface area (Å²) in [5.41, 5.74) is 0. The monoisotopic (exact) mass is 174 g/mol. The summed E-state index contributed by atoms with van der Waals surface area (Å²) in [6.07, 6.45) is -0.305. The summed E-state index contributed by atoms with van der Waals surface area (Å²) < 4.78 is 9.38. The number of hydrogen-bond donors (Lipinski definition) is 0. The molecule has 0 saturated heterocycles. The van der Waals surface area contributed by atoms with Gasteiger partial charge < -0.3 is 9.47 Å². The van der Waals surface area contributed by atoms with E-state index in [0.717, 1.165) is 0 Å². The predicted molar refractivity (Wildman–Crippen MR) is 42.5 cm³/mol. The third-order valence-electron chi connectivity index (χ3n) is 1.23. The van der Waals surface area contributed by atoms with E-state index < -0.39 is 18.0 Å². The van der Waals surface area contributed by atoms with Crippen LogP contribution in [0, 0.1) is 0 Å². The van der Waals surface area contributed by atoms with Crippen LogP contribution in [0.4, 0.5) is 0 Å². The van der Waals surface area contributed by atoms with E-state index in [9.17, 15) is 9.59 Å². The first kappa shape index (κ1) is 10.9. The maximum absolute atomic E-state index is 11.0. The van der Waals surface area contributed by atoms with Crippen molar-refractivity contribution < 1.29 is 19.1 Å². The highest BCUT2D eigenvalue weighted by Crippen LogP contribution is 2.01. The number of hydrogen-bond acceptors (Lipinski definition) is 4. The summed E-state index contributed by atoms with van der Waals surface area (Å²) in [5.74, 6) is -0.940. The van der Waals surface area contributed by atoms with Gasteiger partial charge in [-0.15, -0.1) is 0 Å². The van der Waals surface area contributed by atoms with Crippen LogP contribution in [-0.4, -0.2) is 24.6 Å². The summed E-state index contributed by atoms with van der Waals surface area (Å²) >= 11 is 0. The van der Waals surface area contributed by atoms with Gasteiger partial charge in [-0.1, -0.05) is 6.92 Å². The minimum absolute atomic E-state index is 0.302. The van der Waals surface area contributed by atoms with Gasteiger partial charge in [0.15, 0.2) is 6.10 Å². The molecule has 0 aliphatic carbocycles. The van der Waals surface area contributed by atoms with Gasteiger partial charge in [0.05, 0.1) is 6.61 Å². The van der Waals surface area contributed by atoms with Crippen molar-refractivity contribution in [1.82, 2.24) is 0 Å². The van der Waals surface area contributed by atoms with Crippen LogP contribution >= 0.6 is 0 Å². The third-order valence-corrected chi connectivity index (χ3v) is 1.23. The normalized spacial score (nSPS) is 11.9. The molecule has 0 spiro atoms. The summed E-state index contributed by atoms with van der Waals surface area (Å²) in [6, 6.07) is 0. The maximum Gasteiger partial charge on any atom is 0.347 e. The van der Waals surface area contributed by atoms with Gasteiger partial charge in [0.2, 0.25) is 0 Å². The second-order valence-corrected chi connectivity index (χ2v) is 2.26. The molecule has 0 N–H and O–H groups in total. The average molecular weight is 174 g/mol. The molecular formula is C8H14O4. The Labute approximate surface area is 71.8 Å². The molecule has 0 fully saturated rings. The molecule has 0 heterocycles. The van der Waals surface area contributed by atoms with Crippen LogP contribution in [0.5, 0.6) is 0 Å². The van der Waals surface area contributed by atoms with Gasteiger partial charge in [-0.2, -0.15) is 0 Å². The first-order valence-corrected chi connectivity index (χ1v) is 3.95. The standard InChI is InChI=1S/C8H14O4/c1-4-7(12-6(3)9)8(10)11-5-2/h7H,4-5H2,1-3H3/t7-/m0/s1. The molecule has 0 aliphatic rings. The molecule has 12 heavy (non-hydrogen) atoms. The Morgan fingerprint density at radius 3 is 2.25 bits per heavy atom. The lowest BCUT2D eigenvalue weighted by Gasteiger charge is -2.12. The van der Waals surface area contributed by atoms with E-state index in [0.29, 0.717) is 13.0 Å². The van der Waals surface area contributed by atoms with Crippen molar-refractivity contribution in [2.75, 3.05) is 6.61 Å². The van der Waals surface area contributed by atoms with Crippen LogP contribution in [0.1, 0.15) is 27.2 Å². The van der Waals surface area contributed by atoms with Crippen molar-refractivity contribution in [3.63, 3.8) is 0 Å². The molecule has 1 atom stereocenters. The van der Waals surface area contributed by atoms with E-state index in [2.05, 4.69) is 4.74 Å². The van der Waals surface area contributed by atoms with Crippen molar-refractivity contribution in [2.45, 2.75) is 33.3 Å². The van der Waals surface area contributed by atoms with E-state index >= 15 is 0 Å². The van der Waals surface area contributed by atoms with Crippen molar-refractivity contribution >= 4 is 11.9 Å². The third kappa shape index (κ3) is 3.95. The average Bonchev–Trinajstić information content (AvgIpc) is 2.00. The highest BCUT2D eigenvalue weighted by molar-refractivity contribution is 5.78. The molecule has 0 aliphatic heterocycles. The molecule has 0 bridgehead atoms. The van der Waals surface area contributed by atoms with Gasteiger partial charge in [-0.3, -0.25) is 4.79 Å². The van der Waals surface area contributed by atoms with Crippen molar-refractivity contribution in [1.29, 1.82) is 0 Å². The molecule has 0 saturated carbocycles. The Morgan fingerprint density at radius 2 is 1.92 bits per heavy atom. The smallest absolute Gasteiger partial charge is 0.347 e. The van der Waals surface area contributed by atoms with Crippen molar-refractivity contribution in [2.24, 2.45) is 0 Å². The lowest BCUT2D eigenvalue weighted by atomic mass is 10.3.